The number of nitrogens with zero attached hydrogens (tertiary/aromatic N) is 1. The third kappa shape index (κ3) is 1.70. The Morgan fingerprint density at radius 1 is 1.73 bits per heavy atom. The molecule has 0 bridgehead atoms. The molecule has 0 amide bonds. The van der Waals surface area contributed by atoms with E-state index in [1.54, 1.807) is 12.3 Å². The van der Waals surface area contributed by atoms with E-state index >= 15 is 0 Å². The van der Waals surface area contributed by atoms with Crippen LogP contribution in [0.15, 0.2) is 17.2 Å². The molecule has 5 heteroatoms. The van der Waals surface area contributed by atoms with E-state index in [-0.39, 0.29) is 10.9 Å². The summed E-state index contributed by atoms with van der Waals surface area (Å²) in [6.45, 7) is 0. The van der Waals surface area contributed by atoms with Gasteiger partial charge in [-0.1, -0.05) is 22.3 Å². The van der Waals surface area contributed by atoms with Gasteiger partial charge in [-0.25, -0.2) is 4.98 Å². The molecule has 0 saturated carbocycles. The summed E-state index contributed by atoms with van der Waals surface area (Å²) in [7, 11) is -0.725. The molecule has 3 nitrogen and oxygen atoms in total. The van der Waals surface area contributed by atoms with Crippen LogP contribution in [0.4, 0.5) is 0 Å². The highest BCUT2D eigenvalue weighted by Gasteiger charge is 2.05. The maximum absolute atomic E-state index is 9.26. The molecule has 0 aliphatic rings. The van der Waals surface area contributed by atoms with Gasteiger partial charge in [-0.3, -0.25) is 4.78 Å². The first kappa shape index (κ1) is 8.49. The average Bonchev–Trinajstić information content (AvgIpc) is 1.94. The Balaban J connectivity index is 3.27. The highest BCUT2D eigenvalue weighted by molar-refractivity contribution is 7.85. The first-order valence-electron chi connectivity index (χ1n) is 2.83. The van der Waals surface area contributed by atoms with E-state index in [0.29, 0.717) is 4.90 Å². The van der Waals surface area contributed by atoms with Crippen molar-refractivity contribution in [3.63, 3.8) is 0 Å². The number of hydrogen-bond acceptors (Lipinski definition) is 3. The summed E-state index contributed by atoms with van der Waals surface area (Å²) in [5.74, 6) is -0.0741. The molecule has 1 heterocycles. The molecule has 0 saturated heterocycles. The molecule has 1 unspecified atom stereocenters. The van der Waals surface area contributed by atoms with Crippen LogP contribution >= 0.6 is 11.6 Å². The van der Waals surface area contributed by atoms with Crippen molar-refractivity contribution in [1.29, 1.82) is 4.78 Å². The molecule has 0 aliphatic heterocycles. The van der Waals surface area contributed by atoms with E-state index in [4.69, 9.17) is 16.4 Å². The van der Waals surface area contributed by atoms with Gasteiger partial charge in [0.15, 0.2) is 10.9 Å². The molecule has 0 radical (unpaired) electrons. The molecule has 0 spiro atoms. The summed E-state index contributed by atoms with van der Waals surface area (Å²) in [5, 5.41) is 9.32. The van der Waals surface area contributed by atoms with Gasteiger partial charge in [0.2, 0.25) is 0 Å². The van der Waals surface area contributed by atoms with Crippen molar-refractivity contribution < 1.29 is 5.11 Å². The molecule has 60 valence electrons. The minimum absolute atomic E-state index is 0.0640. The number of nitrogens with one attached hydrogen (secondary N) is 1. The van der Waals surface area contributed by atoms with Crippen LogP contribution in [-0.2, 0) is 10.7 Å². The maximum Gasteiger partial charge on any atom is 0.172 e. The molecule has 0 aromatic carbocycles. The first-order valence-corrected chi connectivity index (χ1v) is 4.84. The van der Waals surface area contributed by atoms with E-state index in [2.05, 4.69) is 4.98 Å². The van der Waals surface area contributed by atoms with Crippen molar-refractivity contribution in [3.05, 3.63) is 17.4 Å². The van der Waals surface area contributed by atoms with Gasteiger partial charge in [0.1, 0.15) is 0 Å². The molecule has 2 N–H and O–H groups in total. The molecule has 1 atom stereocenters. The third-order valence-electron chi connectivity index (χ3n) is 1.17. The second kappa shape index (κ2) is 3.19. The van der Waals surface area contributed by atoms with Crippen LogP contribution in [0.1, 0.15) is 0 Å². The largest absolute Gasteiger partial charge is 0.504 e. The van der Waals surface area contributed by atoms with Gasteiger partial charge in [0.25, 0.3) is 0 Å². The minimum atomic E-state index is -0.725. The van der Waals surface area contributed by atoms with Gasteiger partial charge in [0, 0.05) is 6.20 Å². The van der Waals surface area contributed by atoms with Crippen molar-refractivity contribution in [2.45, 2.75) is 4.90 Å². The van der Waals surface area contributed by atoms with E-state index in [9.17, 15) is 5.11 Å². The lowest BCUT2D eigenvalue weighted by Gasteiger charge is -2.02. The zero-order chi connectivity index (χ0) is 8.43. The van der Waals surface area contributed by atoms with Crippen LogP contribution in [0, 0.1) is 4.78 Å². The maximum atomic E-state index is 9.26. The summed E-state index contributed by atoms with van der Waals surface area (Å²) in [6.07, 6.45) is 3.17. The van der Waals surface area contributed by atoms with Gasteiger partial charge in [-0.05, 0) is 12.3 Å². The lowest BCUT2D eigenvalue weighted by molar-refractivity contribution is 0.459. The van der Waals surface area contributed by atoms with E-state index in [0.717, 1.165) is 0 Å². The summed E-state index contributed by atoms with van der Waals surface area (Å²) >= 11 is 5.52. The number of pyridine rings is 1. The fraction of sp³-hybridized carbons (Fsp3) is 0.167. The van der Waals surface area contributed by atoms with Gasteiger partial charge in [-0.2, -0.15) is 0 Å². The number of rotatable bonds is 1. The number of hydrogen-bond donors (Lipinski definition) is 2. The third-order valence-corrected chi connectivity index (χ3v) is 2.44. The van der Waals surface area contributed by atoms with E-state index in [1.165, 1.54) is 6.20 Å². The molecule has 0 aliphatic carbocycles. The van der Waals surface area contributed by atoms with Crippen LogP contribution < -0.4 is 0 Å². The molecular weight excluding hydrogens is 184 g/mol. The quantitative estimate of drug-likeness (QED) is 0.664. The number of halogens is 1. The van der Waals surface area contributed by atoms with Crippen molar-refractivity contribution in [2.24, 2.45) is 0 Å². The SMILES string of the molecule is CS(=N)c1ccnc(Cl)c1O. The number of aromatic hydroxyl groups is 1. The van der Waals surface area contributed by atoms with Crippen LogP contribution in [0.3, 0.4) is 0 Å². The van der Waals surface area contributed by atoms with E-state index in [1.807, 2.05) is 0 Å². The topological polar surface area (TPSA) is 57.0 Å². The lowest BCUT2D eigenvalue weighted by atomic mass is 10.5. The second-order valence-electron chi connectivity index (χ2n) is 1.96. The zero-order valence-electron chi connectivity index (χ0n) is 5.84. The average molecular weight is 191 g/mol. The standard InChI is InChI=1S/C6H7ClN2OS/c1-11(8)4-2-3-9-6(7)5(4)10/h2-3,8,10H,1H3. The lowest BCUT2D eigenvalue weighted by Crippen LogP contribution is -1.87. The normalized spacial score (nSPS) is 12.9. The van der Waals surface area contributed by atoms with Crippen molar-refractivity contribution in [1.82, 2.24) is 4.98 Å². The highest BCUT2D eigenvalue weighted by Crippen LogP contribution is 2.26. The van der Waals surface area contributed by atoms with Gasteiger partial charge < -0.3 is 5.11 Å². The second-order valence-corrected chi connectivity index (χ2v) is 3.78. The van der Waals surface area contributed by atoms with Crippen molar-refractivity contribution >= 4 is 22.3 Å². The summed E-state index contributed by atoms with van der Waals surface area (Å²) in [5.41, 5.74) is 0. The smallest absolute Gasteiger partial charge is 0.172 e. The Morgan fingerprint density at radius 2 is 2.36 bits per heavy atom. The first-order chi connectivity index (χ1) is 5.13. The van der Waals surface area contributed by atoms with Crippen molar-refractivity contribution in [3.8, 4) is 5.75 Å². The molecule has 1 aromatic heterocycles. The summed E-state index contributed by atoms with van der Waals surface area (Å²) in [6, 6.07) is 1.59. The molecular formula is C6H7ClN2OS. The fourth-order valence-corrected chi connectivity index (χ4v) is 1.53. The zero-order valence-corrected chi connectivity index (χ0v) is 7.41. The van der Waals surface area contributed by atoms with Crippen LogP contribution in [0.2, 0.25) is 5.15 Å². The van der Waals surface area contributed by atoms with Gasteiger partial charge in [0.05, 0.1) is 4.90 Å². The monoisotopic (exact) mass is 190 g/mol. The molecule has 1 aromatic rings. The van der Waals surface area contributed by atoms with Crippen LogP contribution in [-0.4, -0.2) is 16.3 Å². The van der Waals surface area contributed by atoms with E-state index < -0.39 is 10.7 Å². The predicted octanol–water partition coefficient (Wildman–Crippen LogP) is 1.81. The van der Waals surface area contributed by atoms with Gasteiger partial charge >= 0.3 is 0 Å². The van der Waals surface area contributed by atoms with Crippen molar-refractivity contribution in [2.75, 3.05) is 6.26 Å². The Morgan fingerprint density at radius 3 is 2.82 bits per heavy atom. The Labute approximate surface area is 71.9 Å². The minimum Gasteiger partial charge on any atom is -0.504 e. The Hall–Kier alpha value is -0.610. The fourth-order valence-electron chi connectivity index (χ4n) is 0.659. The molecule has 0 fully saturated rings. The van der Waals surface area contributed by atoms with Gasteiger partial charge in [-0.15, -0.1) is 0 Å². The van der Waals surface area contributed by atoms with Crippen LogP contribution in [0.5, 0.6) is 5.75 Å². The Bertz CT molecular complexity index is 303. The summed E-state index contributed by atoms with van der Waals surface area (Å²) in [4.78, 5) is 4.19. The molecule has 11 heavy (non-hydrogen) atoms. The Kier molecular flexibility index (Phi) is 2.46. The van der Waals surface area contributed by atoms with Crippen LogP contribution in [0.25, 0.3) is 0 Å². The highest BCUT2D eigenvalue weighted by atomic mass is 35.5. The summed E-state index contributed by atoms with van der Waals surface area (Å²) < 4.78 is 7.34. The number of aromatic nitrogens is 1. The molecule has 1 rings (SSSR count). The predicted molar refractivity (Wildman–Crippen MR) is 45.2 cm³/mol.